The van der Waals surface area contributed by atoms with Gasteiger partial charge in [-0.25, -0.2) is 0 Å². The van der Waals surface area contributed by atoms with Gasteiger partial charge in [-0.3, -0.25) is 4.79 Å². The second-order valence-corrected chi connectivity index (χ2v) is 5.03. The molecule has 0 amide bonds. The molecule has 1 aliphatic carbocycles. The van der Waals surface area contributed by atoms with Crippen LogP contribution in [0.25, 0.3) is 0 Å². The van der Waals surface area contributed by atoms with Crippen LogP contribution in [0.5, 0.6) is 0 Å². The minimum absolute atomic E-state index is 0.165. The van der Waals surface area contributed by atoms with Gasteiger partial charge in [0.1, 0.15) is 0 Å². The highest BCUT2D eigenvalue weighted by Crippen LogP contribution is 2.42. The van der Waals surface area contributed by atoms with Crippen molar-refractivity contribution in [3.63, 3.8) is 0 Å². The Morgan fingerprint density at radius 1 is 1.18 bits per heavy atom. The second-order valence-electron chi connectivity index (χ2n) is 5.03. The van der Waals surface area contributed by atoms with E-state index in [4.69, 9.17) is 0 Å². The van der Waals surface area contributed by atoms with Crippen molar-refractivity contribution in [1.82, 2.24) is 0 Å². The smallest absolute Gasteiger partial charge is 0.169 e. The summed E-state index contributed by atoms with van der Waals surface area (Å²) in [5, 5.41) is 0. The molecule has 1 heteroatoms. The Morgan fingerprint density at radius 3 is 2.41 bits per heavy atom. The van der Waals surface area contributed by atoms with E-state index in [2.05, 4.69) is 6.58 Å². The third-order valence-electron chi connectivity index (χ3n) is 3.86. The highest BCUT2D eigenvalue weighted by Gasteiger charge is 2.38. The molecule has 0 heterocycles. The van der Waals surface area contributed by atoms with E-state index in [0.717, 1.165) is 24.8 Å². The molecule has 0 bridgehead atoms. The van der Waals surface area contributed by atoms with Gasteiger partial charge in [0.15, 0.2) is 5.78 Å². The predicted octanol–water partition coefficient (Wildman–Crippen LogP) is 4.40. The van der Waals surface area contributed by atoms with Gasteiger partial charge in [0, 0.05) is 11.0 Å². The molecule has 0 N–H and O–H groups in total. The summed E-state index contributed by atoms with van der Waals surface area (Å²) in [5.74, 6) is 0.317. The molecule has 1 saturated carbocycles. The Hall–Kier alpha value is -1.37. The van der Waals surface area contributed by atoms with Crippen LogP contribution < -0.4 is 0 Å². The van der Waals surface area contributed by atoms with E-state index in [9.17, 15) is 4.79 Å². The zero-order valence-electron chi connectivity index (χ0n) is 10.3. The molecular weight excluding hydrogens is 208 g/mol. The first-order valence-electron chi connectivity index (χ1n) is 6.49. The summed E-state index contributed by atoms with van der Waals surface area (Å²) >= 11 is 0. The van der Waals surface area contributed by atoms with Crippen LogP contribution in [0.1, 0.15) is 48.9 Å². The molecule has 0 spiro atoms. The van der Waals surface area contributed by atoms with Crippen molar-refractivity contribution in [2.75, 3.05) is 0 Å². The molecule has 0 unspecified atom stereocenters. The number of hydrogen-bond acceptors (Lipinski definition) is 1. The maximum atomic E-state index is 12.7. The predicted molar refractivity (Wildman–Crippen MR) is 71.1 cm³/mol. The Kier molecular flexibility index (Phi) is 3.78. The molecule has 1 aliphatic rings. The Morgan fingerprint density at radius 2 is 1.82 bits per heavy atom. The van der Waals surface area contributed by atoms with E-state index in [1.165, 1.54) is 19.3 Å². The summed E-state index contributed by atoms with van der Waals surface area (Å²) in [6, 6.07) is 9.71. The van der Waals surface area contributed by atoms with Crippen LogP contribution in [0, 0.1) is 5.41 Å². The Bertz CT molecular complexity index is 385. The maximum absolute atomic E-state index is 12.7. The first-order chi connectivity index (χ1) is 8.28. The van der Waals surface area contributed by atoms with Crippen molar-refractivity contribution in [2.45, 2.75) is 38.5 Å². The molecule has 1 nitrogen and oxygen atoms in total. The standard InChI is InChI=1S/C16H20O/c1-2-11-16(12-7-4-8-13-16)15(17)14-9-5-3-6-10-14/h2-3,5-6,9-10H,1,4,7-8,11-13H2. The largest absolute Gasteiger partial charge is 0.294 e. The summed E-state index contributed by atoms with van der Waals surface area (Å²) in [7, 11) is 0. The first-order valence-corrected chi connectivity index (χ1v) is 6.49. The lowest BCUT2D eigenvalue weighted by Gasteiger charge is -2.35. The number of rotatable bonds is 4. The van der Waals surface area contributed by atoms with Crippen molar-refractivity contribution in [2.24, 2.45) is 5.41 Å². The summed E-state index contributed by atoms with van der Waals surface area (Å²) in [6.07, 6.45) is 8.38. The van der Waals surface area contributed by atoms with E-state index in [0.29, 0.717) is 5.78 Å². The average molecular weight is 228 g/mol. The van der Waals surface area contributed by atoms with E-state index >= 15 is 0 Å². The van der Waals surface area contributed by atoms with Crippen molar-refractivity contribution >= 4 is 5.78 Å². The van der Waals surface area contributed by atoms with Gasteiger partial charge in [-0.2, -0.15) is 0 Å². The van der Waals surface area contributed by atoms with Gasteiger partial charge in [0.25, 0.3) is 0 Å². The molecular formula is C16H20O. The van der Waals surface area contributed by atoms with Crippen LogP contribution in [0.15, 0.2) is 43.0 Å². The fourth-order valence-corrected chi connectivity index (χ4v) is 2.92. The highest BCUT2D eigenvalue weighted by atomic mass is 16.1. The number of benzene rings is 1. The molecule has 90 valence electrons. The van der Waals surface area contributed by atoms with Crippen LogP contribution in [0.3, 0.4) is 0 Å². The third-order valence-corrected chi connectivity index (χ3v) is 3.86. The summed E-state index contributed by atoms with van der Waals surface area (Å²) < 4.78 is 0. The third kappa shape index (κ3) is 2.49. The molecule has 2 rings (SSSR count). The summed E-state index contributed by atoms with van der Waals surface area (Å²) in [5.41, 5.74) is 0.692. The van der Waals surface area contributed by atoms with Gasteiger partial charge in [-0.1, -0.05) is 55.7 Å². The van der Waals surface area contributed by atoms with Crippen LogP contribution in [0.2, 0.25) is 0 Å². The quantitative estimate of drug-likeness (QED) is 0.551. The highest BCUT2D eigenvalue weighted by molar-refractivity contribution is 6.00. The van der Waals surface area contributed by atoms with Crippen molar-refractivity contribution in [1.29, 1.82) is 0 Å². The van der Waals surface area contributed by atoms with Gasteiger partial charge < -0.3 is 0 Å². The number of allylic oxidation sites excluding steroid dienone is 1. The Balaban J connectivity index is 2.27. The molecule has 1 aromatic rings. The molecule has 0 atom stereocenters. The molecule has 0 saturated heterocycles. The molecule has 0 aromatic heterocycles. The van der Waals surface area contributed by atoms with E-state index < -0.39 is 0 Å². The van der Waals surface area contributed by atoms with Crippen molar-refractivity contribution in [3.8, 4) is 0 Å². The number of Topliss-reactive ketones (excluding diaryl/α,β-unsaturated/α-hetero) is 1. The number of ketones is 1. The van der Waals surface area contributed by atoms with E-state index in [1.807, 2.05) is 36.4 Å². The number of carbonyl (C=O) groups is 1. The number of carbonyl (C=O) groups excluding carboxylic acids is 1. The minimum Gasteiger partial charge on any atom is -0.294 e. The summed E-state index contributed by atoms with van der Waals surface area (Å²) in [6.45, 7) is 3.82. The Labute approximate surface area is 104 Å². The molecule has 0 radical (unpaired) electrons. The summed E-state index contributed by atoms with van der Waals surface area (Å²) in [4.78, 5) is 12.7. The monoisotopic (exact) mass is 228 g/mol. The van der Waals surface area contributed by atoms with E-state index in [-0.39, 0.29) is 5.41 Å². The fraction of sp³-hybridized carbons (Fsp3) is 0.438. The molecule has 1 fully saturated rings. The van der Waals surface area contributed by atoms with Gasteiger partial charge in [0.05, 0.1) is 0 Å². The van der Waals surface area contributed by atoms with Crippen LogP contribution in [-0.4, -0.2) is 5.78 Å². The van der Waals surface area contributed by atoms with Crippen LogP contribution in [0.4, 0.5) is 0 Å². The van der Waals surface area contributed by atoms with Crippen molar-refractivity contribution < 1.29 is 4.79 Å². The zero-order valence-corrected chi connectivity index (χ0v) is 10.3. The lowest BCUT2D eigenvalue weighted by molar-refractivity contribution is 0.0717. The topological polar surface area (TPSA) is 17.1 Å². The van der Waals surface area contributed by atoms with Crippen molar-refractivity contribution in [3.05, 3.63) is 48.6 Å². The van der Waals surface area contributed by atoms with Gasteiger partial charge in [-0.05, 0) is 19.3 Å². The number of hydrogen-bond donors (Lipinski definition) is 0. The molecule has 1 aromatic carbocycles. The average Bonchev–Trinajstić information content (AvgIpc) is 2.40. The molecule has 17 heavy (non-hydrogen) atoms. The van der Waals surface area contributed by atoms with Crippen LogP contribution in [-0.2, 0) is 0 Å². The lowest BCUT2D eigenvalue weighted by atomic mass is 9.67. The first kappa shape index (κ1) is 12.1. The SMILES string of the molecule is C=CCC1(C(=O)c2ccccc2)CCCCC1. The minimum atomic E-state index is -0.165. The van der Waals surface area contributed by atoms with Gasteiger partial charge in [0.2, 0.25) is 0 Å². The zero-order chi connectivity index (χ0) is 12.1. The molecule has 0 aliphatic heterocycles. The van der Waals surface area contributed by atoms with Gasteiger partial charge >= 0.3 is 0 Å². The fourth-order valence-electron chi connectivity index (χ4n) is 2.92. The van der Waals surface area contributed by atoms with Gasteiger partial charge in [-0.15, -0.1) is 6.58 Å². The van der Waals surface area contributed by atoms with Crippen LogP contribution >= 0.6 is 0 Å². The van der Waals surface area contributed by atoms with E-state index in [1.54, 1.807) is 0 Å². The lowest BCUT2D eigenvalue weighted by Crippen LogP contribution is -2.33. The second kappa shape index (κ2) is 5.31. The normalized spacial score (nSPS) is 18.6. The maximum Gasteiger partial charge on any atom is 0.169 e.